The second kappa shape index (κ2) is 5.42. The summed E-state index contributed by atoms with van der Waals surface area (Å²) in [5.74, 6) is -0.740. The van der Waals surface area contributed by atoms with Crippen LogP contribution in [-0.2, 0) is 4.79 Å². The van der Waals surface area contributed by atoms with Gasteiger partial charge < -0.3 is 15.2 Å². The van der Waals surface area contributed by atoms with Crippen LogP contribution < -0.4 is 10.1 Å². The molecule has 0 bridgehead atoms. The fourth-order valence-corrected chi connectivity index (χ4v) is 0.972. The smallest absolute Gasteiger partial charge is 0.405 e. The lowest BCUT2D eigenvalue weighted by Gasteiger charge is -2.09. The van der Waals surface area contributed by atoms with Crippen molar-refractivity contribution in [3.63, 3.8) is 0 Å². The topological polar surface area (TPSA) is 58.6 Å². The van der Waals surface area contributed by atoms with Crippen molar-refractivity contribution in [3.8, 4) is 11.5 Å². The largest absolute Gasteiger partial charge is 0.508 e. The third-order valence-electron chi connectivity index (χ3n) is 1.67. The maximum Gasteiger partial charge on any atom is 0.405 e. The number of phenolic OH excluding ortho intramolecular Hbond substituents is 1. The molecule has 1 rings (SSSR count). The minimum atomic E-state index is -4.44. The Morgan fingerprint density at radius 2 is 2.12 bits per heavy atom. The Morgan fingerprint density at radius 1 is 1.41 bits per heavy atom. The third kappa shape index (κ3) is 5.64. The van der Waals surface area contributed by atoms with E-state index in [0.717, 1.165) is 0 Å². The van der Waals surface area contributed by atoms with Crippen LogP contribution in [0.15, 0.2) is 24.3 Å². The fourth-order valence-electron chi connectivity index (χ4n) is 0.972. The summed E-state index contributed by atoms with van der Waals surface area (Å²) >= 11 is 0. The van der Waals surface area contributed by atoms with Crippen LogP contribution in [0, 0.1) is 0 Å². The highest BCUT2D eigenvalue weighted by Crippen LogP contribution is 2.17. The number of hydrogen-bond donors (Lipinski definition) is 2. The average Bonchev–Trinajstić information content (AvgIpc) is 2.23. The first-order valence-electron chi connectivity index (χ1n) is 4.62. The molecule has 0 fully saturated rings. The highest BCUT2D eigenvalue weighted by Gasteiger charge is 2.27. The molecule has 0 unspecified atom stereocenters. The number of aromatic hydroxyl groups is 1. The van der Waals surface area contributed by atoms with Crippen molar-refractivity contribution in [2.75, 3.05) is 13.2 Å². The number of hydrogen-bond acceptors (Lipinski definition) is 3. The van der Waals surface area contributed by atoms with Crippen molar-refractivity contribution in [1.82, 2.24) is 5.32 Å². The van der Waals surface area contributed by atoms with Gasteiger partial charge in [0.25, 0.3) is 5.91 Å². The molecule has 1 amide bonds. The summed E-state index contributed by atoms with van der Waals surface area (Å²) in [6, 6.07) is 5.60. The first-order valence-corrected chi connectivity index (χ1v) is 4.62. The second-order valence-corrected chi connectivity index (χ2v) is 3.18. The van der Waals surface area contributed by atoms with Gasteiger partial charge in [0.15, 0.2) is 6.61 Å². The number of benzene rings is 1. The molecule has 4 nitrogen and oxygen atoms in total. The number of alkyl halides is 3. The molecular weight excluding hydrogens is 239 g/mol. The van der Waals surface area contributed by atoms with Crippen LogP contribution in [0.1, 0.15) is 0 Å². The van der Waals surface area contributed by atoms with E-state index in [-0.39, 0.29) is 11.5 Å². The number of amides is 1. The number of ether oxygens (including phenoxy) is 1. The molecule has 0 aromatic heterocycles. The van der Waals surface area contributed by atoms with Crippen LogP contribution in [0.25, 0.3) is 0 Å². The summed E-state index contributed by atoms with van der Waals surface area (Å²) in [5, 5.41) is 10.7. The zero-order chi connectivity index (χ0) is 12.9. The van der Waals surface area contributed by atoms with Gasteiger partial charge in [-0.1, -0.05) is 6.07 Å². The van der Waals surface area contributed by atoms with E-state index < -0.39 is 25.2 Å². The van der Waals surface area contributed by atoms with E-state index in [2.05, 4.69) is 0 Å². The Morgan fingerprint density at radius 3 is 2.71 bits per heavy atom. The quantitative estimate of drug-likeness (QED) is 0.849. The van der Waals surface area contributed by atoms with Crippen molar-refractivity contribution in [2.24, 2.45) is 0 Å². The molecule has 0 heterocycles. The van der Waals surface area contributed by atoms with Crippen molar-refractivity contribution >= 4 is 5.91 Å². The van der Waals surface area contributed by atoms with Gasteiger partial charge in [-0.15, -0.1) is 0 Å². The van der Waals surface area contributed by atoms with Gasteiger partial charge in [0.1, 0.15) is 18.0 Å². The number of rotatable bonds is 4. The predicted octanol–water partition coefficient (Wildman–Crippen LogP) is 1.45. The Hall–Kier alpha value is -1.92. The summed E-state index contributed by atoms with van der Waals surface area (Å²) < 4.78 is 40.1. The van der Waals surface area contributed by atoms with Crippen LogP contribution >= 0.6 is 0 Å². The van der Waals surface area contributed by atoms with Crippen LogP contribution in [0.3, 0.4) is 0 Å². The molecule has 0 aliphatic carbocycles. The van der Waals surface area contributed by atoms with Gasteiger partial charge in [-0.25, -0.2) is 0 Å². The molecule has 1 aromatic rings. The molecule has 7 heteroatoms. The molecule has 2 N–H and O–H groups in total. The Labute approximate surface area is 95.0 Å². The van der Waals surface area contributed by atoms with Gasteiger partial charge in [-0.2, -0.15) is 13.2 Å². The van der Waals surface area contributed by atoms with Crippen molar-refractivity contribution in [2.45, 2.75) is 6.18 Å². The summed E-state index contributed by atoms with van der Waals surface area (Å²) in [5.41, 5.74) is 0. The molecule has 0 saturated carbocycles. The third-order valence-corrected chi connectivity index (χ3v) is 1.67. The first kappa shape index (κ1) is 13.1. The number of nitrogens with one attached hydrogen (secondary N) is 1. The minimum Gasteiger partial charge on any atom is -0.508 e. The molecule has 0 aliphatic heterocycles. The highest BCUT2D eigenvalue weighted by molar-refractivity contribution is 5.77. The van der Waals surface area contributed by atoms with E-state index >= 15 is 0 Å². The number of halogens is 3. The van der Waals surface area contributed by atoms with Gasteiger partial charge in [0.05, 0.1) is 0 Å². The summed E-state index contributed by atoms with van der Waals surface area (Å²) in [4.78, 5) is 10.9. The molecule has 0 spiro atoms. The molecule has 17 heavy (non-hydrogen) atoms. The Kier molecular flexibility index (Phi) is 4.19. The summed E-state index contributed by atoms with van der Waals surface area (Å²) in [6.07, 6.45) is -4.44. The first-order chi connectivity index (χ1) is 7.87. The lowest BCUT2D eigenvalue weighted by molar-refractivity contribution is -0.139. The van der Waals surface area contributed by atoms with Gasteiger partial charge in [-0.3, -0.25) is 4.79 Å². The number of carbonyl (C=O) groups is 1. The summed E-state index contributed by atoms with van der Waals surface area (Å²) in [6.45, 7) is -1.94. The highest BCUT2D eigenvalue weighted by atomic mass is 19.4. The van der Waals surface area contributed by atoms with Crippen LogP contribution in [0.2, 0.25) is 0 Å². The SMILES string of the molecule is O=C(COc1cccc(O)c1)NCC(F)(F)F. The van der Waals surface area contributed by atoms with Crippen molar-refractivity contribution in [3.05, 3.63) is 24.3 Å². The zero-order valence-corrected chi connectivity index (χ0v) is 8.62. The van der Waals surface area contributed by atoms with Crippen LogP contribution in [0.4, 0.5) is 13.2 Å². The molecule has 0 atom stereocenters. The molecule has 0 aliphatic rings. The monoisotopic (exact) mass is 249 g/mol. The zero-order valence-electron chi connectivity index (χ0n) is 8.62. The fraction of sp³-hybridized carbons (Fsp3) is 0.300. The lowest BCUT2D eigenvalue weighted by atomic mass is 10.3. The molecule has 0 saturated heterocycles. The maximum atomic E-state index is 11.7. The van der Waals surface area contributed by atoms with E-state index in [1.54, 1.807) is 5.32 Å². The van der Waals surface area contributed by atoms with Crippen LogP contribution in [-0.4, -0.2) is 30.3 Å². The lowest BCUT2D eigenvalue weighted by Crippen LogP contribution is -2.36. The van der Waals surface area contributed by atoms with E-state index in [1.165, 1.54) is 24.3 Å². The average molecular weight is 249 g/mol. The Bertz CT molecular complexity index is 393. The van der Waals surface area contributed by atoms with E-state index in [1.807, 2.05) is 0 Å². The van der Waals surface area contributed by atoms with E-state index in [9.17, 15) is 18.0 Å². The predicted molar refractivity (Wildman–Crippen MR) is 52.7 cm³/mol. The number of carbonyl (C=O) groups excluding carboxylic acids is 1. The van der Waals surface area contributed by atoms with Gasteiger partial charge >= 0.3 is 6.18 Å². The van der Waals surface area contributed by atoms with E-state index in [4.69, 9.17) is 9.84 Å². The summed E-state index contributed by atoms with van der Waals surface area (Å²) in [7, 11) is 0. The van der Waals surface area contributed by atoms with Gasteiger partial charge in [0, 0.05) is 6.07 Å². The maximum absolute atomic E-state index is 11.7. The standard InChI is InChI=1S/C10H10F3NO3/c11-10(12,13)6-14-9(16)5-17-8-3-1-2-7(15)4-8/h1-4,15H,5-6H2,(H,14,16). The van der Waals surface area contributed by atoms with E-state index in [0.29, 0.717) is 0 Å². The molecule has 0 radical (unpaired) electrons. The van der Waals surface area contributed by atoms with Gasteiger partial charge in [-0.05, 0) is 12.1 Å². The molecule has 94 valence electrons. The normalized spacial score (nSPS) is 11.0. The van der Waals surface area contributed by atoms with Crippen molar-refractivity contribution < 1.29 is 27.8 Å². The number of phenols is 1. The minimum absolute atomic E-state index is 0.0572. The Balaban J connectivity index is 2.33. The van der Waals surface area contributed by atoms with Crippen molar-refractivity contribution in [1.29, 1.82) is 0 Å². The van der Waals surface area contributed by atoms with Gasteiger partial charge in [0.2, 0.25) is 0 Å². The second-order valence-electron chi connectivity index (χ2n) is 3.18. The molecular formula is C10H10F3NO3. The molecule has 1 aromatic carbocycles. The van der Waals surface area contributed by atoms with Crippen LogP contribution in [0.5, 0.6) is 11.5 Å².